The maximum Gasteiger partial charge on any atom is 0.223 e. The van der Waals surface area contributed by atoms with E-state index < -0.39 is 0 Å². The molecule has 0 aromatic heterocycles. The Morgan fingerprint density at radius 2 is 2.00 bits per heavy atom. The molecular weight excluding hydrogens is 278 g/mol. The number of halogens is 1. The molecule has 0 aromatic carbocycles. The maximum absolute atomic E-state index is 12.2. The van der Waals surface area contributed by atoms with Gasteiger partial charge >= 0.3 is 0 Å². The zero-order valence-corrected chi connectivity index (χ0v) is 11.9. The molecule has 3 rings (SSSR count). The van der Waals surface area contributed by atoms with Crippen LogP contribution in [0.4, 0.5) is 0 Å². The van der Waals surface area contributed by atoms with E-state index in [9.17, 15) is 4.79 Å². The molecule has 2 nitrogen and oxygen atoms in total. The van der Waals surface area contributed by atoms with Gasteiger partial charge in [-0.15, -0.1) is 0 Å². The molecule has 0 heterocycles. The fraction of sp³-hybridized carbons (Fsp3) is 0.929. The Hall–Kier alpha value is -0.0500. The molecule has 0 radical (unpaired) electrons. The summed E-state index contributed by atoms with van der Waals surface area (Å²) in [5.41, 5.74) is 0. The quantitative estimate of drug-likeness (QED) is 0.797. The molecule has 2 bridgehead atoms. The molecule has 3 aliphatic carbocycles. The van der Waals surface area contributed by atoms with Gasteiger partial charge in [-0.3, -0.25) is 4.79 Å². The van der Waals surface area contributed by atoms with E-state index in [2.05, 4.69) is 21.2 Å². The molecule has 3 aliphatic rings. The number of hydrogen-bond donors (Lipinski definition) is 1. The summed E-state index contributed by atoms with van der Waals surface area (Å²) in [6, 6.07) is 0. The fourth-order valence-electron chi connectivity index (χ4n) is 4.14. The molecular formula is C14H22BrNO. The fourth-order valence-corrected chi connectivity index (χ4v) is 4.93. The number of rotatable bonds is 3. The van der Waals surface area contributed by atoms with E-state index in [-0.39, 0.29) is 0 Å². The number of alkyl halides is 1. The minimum atomic E-state index is 0.356. The van der Waals surface area contributed by atoms with Gasteiger partial charge in [0.1, 0.15) is 0 Å². The monoisotopic (exact) mass is 299 g/mol. The first-order valence-electron chi connectivity index (χ1n) is 7.14. The number of nitrogens with one attached hydrogen (secondary N) is 1. The molecule has 0 aromatic rings. The highest BCUT2D eigenvalue weighted by Crippen LogP contribution is 2.48. The van der Waals surface area contributed by atoms with E-state index >= 15 is 0 Å². The molecule has 1 amide bonds. The van der Waals surface area contributed by atoms with Crippen molar-refractivity contribution in [1.82, 2.24) is 5.32 Å². The smallest absolute Gasteiger partial charge is 0.223 e. The lowest BCUT2D eigenvalue weighted by Crippen LogP contribution is -2.36. The zero-order valence-electron chi connectivity index (χ0n) is 10.3. The van der Waals surface area contributed by atoms with Crippen molar-refractivity contribution in [3.05, 3.63) is 0 Å². The first-order valence-corrected chi connectivity index (χ1v) is 8.05. The Bertz CT molecular complexity index is 307. The third kappa shape index (κ3) is 2.54. The summed E-state index contributed by atoms with van der Waals surface area (Å²) in [7, 11) is 0. The van der Waals surface area contributed by atoms with E-state index in [1.807, 2.05) is 0 Å². The van der Waals surface area contributed by atoms with Crippen molar-refractivity contribution in [1.29, 1.82) is 0 Å². The van der Waals surface area contributed by atoms with E-state index in [1.54, 1.807) is 0 Å². The Kier molecular flexibility index (Phi) is 3.47. The van der Waals surface area contributed by atoms with Crippen LogP contribution in [0, 0.1) is 23.7 Å². The van der Waals surface area contributed by atoms with Crippen LogP contribution in [-0.4, -0.2) is 17.3 Å². The Morgan fingerprint density at radius 3 is 2.59 bits per heavy atom. The molecule has 3 saturated carbocycles. The Morgan fingerprint density at radius 1 is 1.12 bits per heavy atom. The molecule has 5 unspecified atom stereocenters. The second-order valence-corrected chi connectivity index (χ2v) is 7.60. The van der Waals surface area contributed by atoms with Crippen LogP contribution in [0.3, 0.4) is 0 Å². The number of amides is 1. The van der Waals surface area contributed by atoms with Gasteiger partial charge in [-0.25, -0.2) is 0 Å². The topological polar surface area (TPSA) is 29.1 Å². The van der Waals surface area contributed by atoms with Gasteiger partial charge < -0.3 is 5.32 Å². The molecule has 1 N–H and O–H groups in total. The molecule has 0 aliphatic heterocycles. The second kappa shape index (κ2) is 4.91. The zero-order chi connectivity index (χ0) is 11.8. The summed E-state index contributed by atoms with van der Waals surface area (Å²) in [6.45, 7) is 0.912. The van der Waals surface area contributed by atoms with Crippen molar-refractivity contribution in [3.63, 3.8) is 0 Å². The number of carbonyl (C=O) groups excluding carboxylic acids is 1. The summed E-state index contributed by atoms with van der Waals surface area (Å²) in [4.78, 5) is 12.8. The molecule has 5 atom stereocenters. The highest BCUT2D eigenvalue weighted by Gasteiger charge is 2.43. The van der Waals surface area contributed by atoms with Gasteiger partial charge in [-0.1, -0.05) is 22.4 Å². The predicted molar refractivity (Wildman–Crippen MR) is 72.0 cm³/mol. The standard InChI is InChI=1S/C14H22BrNO/c15-12-4-2-10(6-12)8-16-14(17)13-7-9-1-3-11(13)5-9/h9-13H,1-8H2,(H,16,17). The number of hydrogen-bond acceptors (Lipinski definition) is 1. The molecule has 3 heteroatoms. The molecule has 17 heavy (non-hydrogen) atoms. The van der Waals surface area contributed by atoms with Gasteiger partial charge in [-0.2, -0.15) is 0 Å². The van der Waals surface area contributed by atoms with Crippen molar-refractivity contribution in [2.24, 2.45) is 23.7 Å². The molecule has 0 saturated heterocycles. The number of fused-ring (bicyclic) bond motifs is 2. The number of carbonyl (C=O) groups is 1. The molecule has 3 fully saturated rings. The van der Waals surface area contributed by atoms with Gasteiger partial charge in [-0.05, 0) is 56.3 Å². The summed E-state index contributed by atoms with van der Waals surface area (Å²) in [5, 5.41) is 3.21. The van der Waals surface area contributed by atoms with Crippen LogP contribution < -0.4 is 5.32 Å². The van der Waals surface area contributed by atoms with Crippen LogP contribution in [-0.2, 0) is 4.79 Å². The van der Waals surface area contributed by atoms with Crippen LogP contribution in [0.5, 0.6) is 0 Å². The average Bonchev–Trinajstić information content (AvgIpc) is 3.01. The highest BCUT2D eigenvalue weighted by molar-refractivity contribution is 9.09. The van der Waals surface area contributed by atoms with Gasteiger partial charge in [0.2, 0.25) is 5.91 Å². The lowest BCUT2D eigenvalue weighted by atomic mass is 9.88. The van der Waals surface area contributed by atoms with Crippen LogP contribution in [0.1, 0.15) is 44.9 Å². The molecule has 0 spiro atoms. The lowest BCUT2D eigenvalue weighted by Gasteiger charge is -2.21. The van der Waals surface area contributed by atoms with Crippen LogP contribution in [0.25, 0.3) is 0 Å². The molecule has 96 valence electrons. The van der Waals surface area contributed by atoms with Crippen LogP contribution in [0.2, 0.25) is 0 Å². The van der Waals surface area contributed by atoms with Crippen molar-refractivity contribution in [3.8, 4) is 0 Å². The van der Waals surface area contributed by atoms with Gasteiger partial charge in [0.05, 0.1) is 0 Å². The third-order valence-corrected chi connectivity index (χ3v) is 5.95. The average molecular weight is 300 g/mol. The van der Waals surface area contributed by atoms with E-state index in [0.29, 0.717) is 28.5 Å². The SMILES string of the molecule is O=C(NCC1CCC(Br)C1)C1CC2CCC1C2. The summed E-state index contributed by atoms with van der Waals surface area (Å²) >= 11 is 3.67. The third-order valence-electron chi connectivity index (χ3n) is 5.12. The minimum absolute atomic E-state index is 0.356. The first kappa shape index (κ1) is 12.0. The minimum Gasteiger partial charge on any atom is -0.356 e. The van der Waals surface area contributed by atoms with E-state index in [1.165, 1.54) is 44.9 Å². The summed E-state index contributed by atoms with van der Waals surface area (Å²) in [6.07, 6.45) is 8.95. The van der Waals surface area contributed by atoms with Gasteiger partial charge in [0, 0.05) is 17.3 Å². The van der Waals surface area contributed by atoms with Crippen molar-refractivity contribution in [2.45, 2.75) is 49.8 Å². The normalized spacial score (nSPS) is 44.2. The highest BCUT2D eigenvalue weighted by atomic mass is 79.9. The van der Waals surface area contributed by atoms with Crippen LogP contribution in [0.15, 0.2) is 0 Å². The van der Waals surface area contributed by atoms with Crippen LogP contribution >= 0.6 is 15.9 Å². The second-order valence-electron chi connectivity index (χ2n) is 6.30. The van der Waals surface area contributed by atoms with Gasteiger partial charge in [0.15, 0.2) is 0 Å². The summed E-state index contributed by atoms with van der Waals surface area (Å²) < 4.78 is 0. The maximum atomic E-state index is 12.2. The van der Waals surface area contributed by atoms with Gasteiger partial charge in [0.25, 0.3) is 0 Å². The van der Waals surface area contributed by atoms with Crippen molar-refractivity contribution < 1.29 is 4.79 Å². The van der Waals surface area contributed by atoms with E-state index in [0.717, 1.165) is 12.5 Å². The summed E-state index contributed by atoms with van der Waals surface area (Å²) in [5.74, 6) is 3.01. The Balaban J connectivity index is 1.44. The first-order chi connectivity index (χ1) is 8.22. The predicted octanol–water partition coefficient (Wildman–Crippen LogP) is 3.10. The van der Waals surface area contributed by atoms with Crippen molar-refractivity contribution >= 4 is 21.8 Å². The van der Waals surface area contributed by atoms with E-state index in [4.69, 9.17) is 0 Å². The Labute approximate surface area is 112 Å². The lowest BCUT2D eigenvalue weighted by molar-refractivity contribution is -0.126. The van der Waals surface area contributed by atoms with Crippen molar-refractivity contribution in [2.75, 3.05) is 6.54 Å². The largest absolute Gasteiger partial charge is 0.356 e.